The summed E-state index contributed by atoms with van der Waals surface area (Å²) in [7, 11) is 0. The van der Waals surface area contributed by atoms with Crippen molar-refractivity contribution in [2.45, 2.75) is 71.2 Å². The quantitative estimate of drug-likeness (QED) is 0.367. The summed E-state index contributed by atoms with van der Waals surface area (Å²) in [6, 6.07) is 25.5. The third-order valence-corrected chi connectivity index (χ3v) is 6.75. The van der Waals surface area contributed by atoms with E-state index in [2.05, 4.69) is 79.0 Å². The monoisotopic (exact) mass is 471 g/mol. The Morgan fingerprint density at radius 3 is 2.37 bits per heavy atom. The van der Waals surface area contributed by atoms with Gasteiger partial charge >= 0.3 is 0 Å². The number of benzene rings is 3. The number of nitrogens with one attached hydrogen (secondary N) is 1. The standard InChI is InChI=1S/C31H37NO3/c1-3-24-10-7-11-27(20-24)31-21-30(13-12-26(31)18-19-32-23(2)33)35-29-16-14-28(15-17-29)34-22-25-8-5-4-6-9-25/h4-13,20-21,28-29H,3,14-19,22H2,1-2H3,(H,32,33). The molecule has 1 aliphatic carbocycles. The number of ether oxygens (including phenoxy) is 2. The second-order valence-electron chi connectivity index (χ2n) is 9.42. The molecule has 0 heterocycles. The Kier molecular flexibility index (Phi) is 8.96. The van der Waals surface area contributed by atoms with Crippen LogP contribution in [0.4, 0.5) is 0 Å². The number of hydrogen-bond acceptors (Lipinski definition) is 3. The van der Waals surface area contributed by atoms with Gasteiger partial charge in [-0.05, 0) is 78.5 Å². The maximum Gasteiger partial charge on any atom is 0.216 e. The molecule has 0 aliphatic heterocycles. The van der Waals surface area contributed by atoms with Crippen molar-refractivity contribution in [2.75, 3.05) is 6.54 Å². The van der Waals surface area contributed by atoms with E-state index in [4.69, 9.17) is 9.47 Å². The molecular formula is C31H37NO3. The minimum absolute atomic E-state index is 0.00262. The van der Waals surface area contributed by atoms with Crippen LogP contribution < -0.4 is 10.1 Å². The van der Waals surface area contributed by atoms with E-state index >= 15 is 0 Å². The molecular weight excluding hydrogens is 434 g/mol. The summed E-state index contributed by atoms with van der Waals surface area (Å²) < 4.78 is 12.6. The zero-order chi connectivity index (χ0) is 24.5. The molecule has 3 aromatic carbocycles. The number of carbonyl (C=O) groups is 1. The predicted molar refractivity (Wildman–Crippen MR) is 142 cm³/mol. The molecule has 0 unspecified atom stereocenters. The zero-order valence-electron chi connectivity index (χ0n) is 21.0. The topological polar surface area (TPSA) is 47.6 Å². The Bertz CT molecular complexity index is 1090. The van der Waals surface area contributed by atoms with Crippen LogP contribution in [0.3, 0.4) is 0 Å². The molecule has 4 rings (SSSR count). The van der Waals surface area contributed by atoms with E-state index in [1.807, 2.05) is 6.07 Å². The van der Waals surface area contributed by atoms with Gasteiger partial charge in [0.05, 0.1) is 18.8 Å². The van der Waals surface area contributed by atoms with Crippen molar-refractivity contribution in [3.8, 4) is 16.9 Å². The normalized spacial score (nSPS) is 17.7. The van der Waals surface area contributed by atoms with Gasteiger partial charge in [0, 0.05) is 13.5 Å². The molecule has 3 aromatic rings. The van der Waals surface area contributed by atoms with E-state index < -0.39 is 0 Å². The van der Waals surface area contributed by atoms with E-state index in [9.17, 15) is 4.79 Å². The lowest BCUT2D eigenvalue weighted by Gasteiger charge is -2.29. The summed E-state index contributed by atoms with van der Waals surface area (Å²) in [5.41, 5.74) is 6.14. The van der Waals surface area contributed by atoms with Gasteiger partial charge in [-0.3, -0.25) is 4.79 Å². The highest BCUT2D eigenvalue weighted by molar-refractivity contribution is 5.73. The Labute approximate surface area is 209 Å². The maximum atomic E-state index is 11.3. The van der Waals surface area contributed by atoms with Gasteiger partial charge in [0.2, 0.25) is 5.91 Å². The molecule has 0 spiro atoms. The Hall–Kier alpha value is -3.11. The fraction of sp³-hybridized carbons (Fsp3) is 0.387. The summed E-state index contributed by atoms with van der Waals surface area (Å²) in [6.07, 6.45) is 6.37. The van der Waals surface area contributed by atoms with Gasteiger partial charge in [-0.25, -0.2) is 0 Å². The van der Waals surface area contributed by atoms with Crippen LogP contribution in [0.2, 0.25) is 0 Å². The fourth-order valence-corrected chi connectivity index (χ4v) is 4.75. The van der Waals surface area contributed by atoms with Crippen LogP contribution in [0.15, 0.2) is 72.8 Å². The van der Waals surface area contributed by atoms with Gasteiger partial charge in [-0.2, -0.15) is 0 Å². The molecule has 1 amide bonds. The molecule has 4 heteroatoms. The van der Waals surface area contributed by atoms with Crippen molar-refractivity contribution in [1.82, 2.24) is 5.32 Å². The second kappa shape index (κ2) is 12.6. The Morgan fingerprint density at radius 2 is 1.63 bits per heavy atom. The van der Waals surface area contributed by atoms with Gasteiger partial charge in [0.25, 0.3) is 0 Å². The highest BCUT2D eigenvalue weighted by Crippen LogP contribution is 2.32. The van der Waals surface area contributed by atoms with E-state index in [1.54, 1.807) is 6.92 Å². The van der Waals surface area contributed by atoms with Crippen LogP contribution in [0, 0.1) is 0 Å². The van der Waals surface area contributed by atoms with Crippen LogP contribution in [0.5, 0.6) is 5.75 Å². The van der Waals surface area contributed by atoms with Crippen molar-refractivity contribution >= 4 is 5.91 Å². The first-order chi connectivity index (χ1) is 17.1. The van der Waals surface area contributed by atoms with Crippen LogP contribution in [-0.2, 0) is 29.0 Å². The summed E-state index contributed by atoms with van der Waals surface area (Å²) in [5, 5.41) is 2.92. The smallest absolute Gasteiger partial charge is 0.216 e. The SMILES string of the molecule is CCc1cccc(-c2cc(OC3CCC(OCc4ccccc4)CC3)ccc2CCNC(C)=O)c1. The van der Waals surface area contributed by atoms with E-state index in [0.29, 0.717) is 19.3 Å². The van der Waals surface area contributed by atoms with Crippen molar-refractivity contribution in [1.29, 1.82) is 0 Å². The van der Waals surface area contributed by atoms with Crippen molar-refractivity contribution in [3.05, 3.63) is 89.5 Å². The number of amides is 1. The molecule has 0 radical (unpaired) electrons. The van der Waals surface area contributed by atoms with Crippen LogP contribution in [0.25, 0.3) is 11.1 Å². The average Bonchev–Trinajstić information content (AvgIpc) is 2.89. The summed E-state index contributed by atoms with van der Waals surface area (Å²) in [6.45, 7) is 5.04. The predicted octanol–water partition coefficient (Wildman–Crippen LogP) is 6.50. The first-order valence-electron chi connectivity index (χ1n) is 12.9. The largest absolute Gasteiger partial charge is 0.490 e. The molecule has 0 aromatic heterocycles. The minimum Gasteiger partial charge on any atom is -0.490 e. The van der Waals surface area contributed by atoms with Crippen molar-refractivity contribution < 1.29 is 14.3 Å². The number of rotatable bonds is 10. The van der Waals surface area contributed by atoms with Crippen LogP contribution in [-0.4, -0.2) is 24.7 Å². The average molecular weight is 472 g/mol. The molecule has 1 N–H and O–H groups in total. The van der Waals surface area contributed by atoms with Gasteiger partial charge in [-0.1, -0.05) is 67.6 Å². The molecule has 1 fully saturated rings. The molecule has 1 saturated carbocycles. The highest BCUT2D eigenvalue weighted by Gasteiger charge is 2.23. The summed E-state index contributed by atoms with van der Waals surface area (Å²) in [4.78, 5) is 11.3. The summed E-state index contributed by atoms with van der Waals surface area (Å²) in [5.74, 6) is 0.918. The third kappa shape index (κ3) is 7.43. The molecule has 0 atom stereocenters. The first kappa shape index (κ1) is 25.0. The van der Waals surface area contributed by atoms with Crippen molar-refractivity contribution in [3.63, 3.8) is 0 Å². The maximum absolute atomic E-state index is 11.3. The lowest BCUT2D eigenvalue weighted by atomic mass is 9.94. The molecule has 0 saturated heterocycles. The van der Waals surface area contributed by atoms with E-state index in [1.165, 1.54) is 27.8 Å². The zero-order valence-corrected chi connectivity index (χ0v) is 21.0. The molecule has 0 bridgehead atoms. The Balaban J connectivity index is 1.39. The van der Waals surface area contributed by atoms with Gasteiger partial charge < -0.3 is 14.8 Å². The van der Waals surface area contributed by atoms with Gasteiger partial charge in [0.15, 0.2) is 0 Å². The first-order valence-corrected chi connectivity index (χ1v) is 12.9. The van der Waals surface area contributed by atoms with Crippen molar-refractivity contribution in [2.24, 2.45) is 0 Å². The van der Waals surface area contributed by atoms with Crippen LogP contribution >= 0.6 is 0 Å². The molecule has 184 valence electrons. The fourth-order valence-electron chi connectivity index (χ4n) is 4.75. The number of aryl methyl sites for hydroxylation is 1. The molecule has 35 heavy (non-hydrogen) atoms. The van der Waals surface area contributed by atoms with E-state index in [-0.39, 0.29) is 12.0 Å². The lowest BCUT2D eigenvalue weighted by molar-refractivity contribution is -0.118. The minimum atomic E-state index is 0.00262. The second-order valence-corrected chi connectivity index (χ2v) is 9.42. The number of carbonyl (C=O) groups excluding carboxylic acids is 1. The number of hydrogen-bond donors (Lipinski definition) is 1. The van der Waals surface area contributed by atoms with E-state index in [0.717, 1.165) is 44.3 Å². The van der Waals surface area contributed by atoms with Gasteiger partial charge in [-0.15, -0.1) is 0 Å². The summed E-state index contributed by atoms with van der Waals surface area (Å²) >= 11 is 0. The third-order valence-electron chi connectivity index (χ3n) is 6.75. The van der Waals surface area contributed by atoms with Gasteiger partial charge in [0.1, 0.15) is 5.75 Å². The highest BCUT2D eigenvalue weighted by atomic mass is 16.5. The molecule has 4 nitrogen and oxygen atoms in total. The van der Waals surface area contributed by atoms with Crippen LogP contribution in [0.1, 0.15) is 56.2 Å². The Morgan fingerprint density at radius 1 is 0.886 bits per heavy atom. The molecule has 1 aliphatic rings. The lowest BCUT2D eigenvalue weighted by Crippen LogP contribution is -2.28.